The molecule has 0 aliphatic heterocycles. The van der Waals surface area contributed by atoms with E-state index in [-0.39, 0.29) is 5.82 Å². The van der Waals surface area contributed by atoms with Crippen LogP contribution in [-0.2, 0) is 12.8 Å². The molecule has 150 valence electrons. The lowest BCUT2D eigenvalue weighted by atomic mass is 9.76. The van der Waals surface area contributed by atoms with E-state index in [1.165, 1.54) is 44.6 Å². The van der Waals surface area contributed by atoms with Crippen LogP contribution in [0.15, 0.2) is 30.3 Å². The van der Waals surface area contributed by atoms with Crippen molar-refractivity contribution in [1.29, 1.82) is 0 Å². The highest BCUT2D eigenvalue weighted by molar-refractivity contribution is 5.66. The van der Waals surface area contributed by atoms with Crippen molar-refractivity contribution in [2.24, 2.45) is 17.8 Å². The molecule has 0 radical (unpaired) electrons. The molecular weight excluding hydrogens is 357 g/mol. The van der Waals surface area contributed by atoms with Crippen LogP contribution < -0.4 is 0 Å². The first-order valence-corrected chi connectivity index (χ1v) is 10.8. The van der Waals surface area contributed by atoms with Crippen molar-refractivity contribution in [3.05, 3.63) is 58.9 Å². The van der Waals surface area contributed by atoms with E-state index in [0.29, 0.717) is 17.0 Å². The second-order valence-corrected chi connectivity index (χ2v) is 9.01. The SMILES string of the molecule is CC1CCC(CCC2CCc3c(ccc(-c4ccc(F)c(F)c4)c3F)C2)CC1. The molecule has 0 N–H and O–H groups in total. The van der Waals surface area contributed by atoms with Crippen molar-refractivity contribution in [3.63, 3.8) is 0 Å². The summed E-state index contributed by atoms with van der Waals surface area (Å²) in [4.78, 5) is 0. The molecule has 0 heterocycles. The summed E-state index contributed by atoms with van der Waals surface area (Å²) in [5.74, 6) is 0.308. The highest BCUT2D eigenvalue weighted by atomic mass is 19.2. The molecule has 0 spiro atoms. The summed E-state index contributed by atoms with van der Waals surface area (Å²) in [6.45, 7) is 2.36. The number of hydrogen-bond donors (Lipinski definition) is 0. The van der Waals surface area contributed by atoms with Crippen LogP contribution in [0.2, 0.25) is 0 Å². The maximum Gasteiger partial charge on any atom is 0.159 e. The monoisotopic (exact) mass is 386 g/mol. The van der Waals surface area contributed by atoms with Crippen molar-refractivity contribution in [2.75, 3.05) is 0 Å². The molecule has 2 aliphatic rings. The summed E-state index contributed by atoms with van der Waals surface area (Å²) >= 11 is 0. The largest absolute Gasteiger partial charge is 0.206 e. The van der Waals surface area contributed by atoms with Gasteiger partial charge in [-0.3, -0.25) is 0 Å². The molecule has 1 unspecified atom stereocenters. The molecule has 0 nitrogen and oxygen atoms in total. The van der Waals surface area contributed by atoms with Crippen molar-refractivity contribution < 1.29 is 13.2 Å². The lowest BCUT2D eigenvalue weighted by Gasteiger charge is -2.30. The number of halogens is 3. The third-order valence-electron chi connectivity index (χ3n) is 7.00. The summed E-state index contributed by atoms with van der Waals surface area (Å²) in [5.41, 5.74) is 2.63. The lowest BCUT2D eigenvalue weighted by Crippen LogP contribution is -2.18. The van der Waals surface area contributed by atoms with Gasteiger partial charge in [-0.05, 0) is 72.3 Å². The molecule has 3 heteroatoms. The fourth-order valence-corrected chi connectivity index (χ4v) is 5.11. The Morgan fingerprint density at radius 2 is 1.57 bits per heavy atom. The molecule has 0 aromatic heterocycles. The van der Waals surface area contributed by atoms with E-state index in [9.17, 15) is 8.78 Å². The van der Waals surface area contributed by atoms with Crippen LogP contribution in [0, 0.1) is 35.2 Å². The van der Waals surface area contributed by atoms with Crippen LogP contribution in [0.1, 0.15) is 63.0 Å². The van der Waals surface area contributed by atoms with Gasteiger partial charge in [-0.2, -0.15) is 0 Å². The van der Waals surface area contributed by atoms with Gasteiger partial charge < -0.3 is 0 Å². The molecule has 1 atom stereocenters. The zero-order chi connectivity index (χ0) is 19.7. The van der Waals surface area contributed by atoms with E-state index in [4.69, 9.17) is 0 Å². The maximum atomic E-state index is 15.1. The minimum absolute atomic E-state index is 0.261. The van der Waals surface area contributed by atoms with E-state index in [1.54, 1.807) is 6.07 Å². The standard InChI is InChI=1S/C25H29F3/c1-16-2-4-17(5-3-16)6-7-18-8-11-21-19(14-18)9-12-22(25(21)28)20-10-13-23(26)24(27)15-20/h9-10,12-13,15-18H,2-8,11,14H2,1H3. The summed E-state index contributed by atoms with van der Waals surface area (Å²) in [7, 11) is 0. The van der Waals surface area contributed by atoms with Crippen LogP contribution in [0.25, 0.3) is 11.1 Å². The number of rotatable bonds is 4. The summed E-state index contributed by atoms with van der Waals surface area (Å²) < 4.78 is 41.8. The van der Waals surface area contributed by atoms with Gasteiger partial charge in [0, 0.05) is 5.56 Å². The molecule has 2 aromatic carbocycles. The second kappa shape index (κ2) is 8.31. The number of fused-ring (bicyclic) bond motifs is 1. The molecule has 1 fully saturated rings. The predicted molar refractivity (Wildman–Crippen MR) is 108 cm³/mol. The Morgan fingerprint density at radius 1 is 0.821 bits per heavy atom. The minimum Gasteiger partial charge on any atom is -0.206 e. The molecular formula is C25H29F3. The average Bonchev–Trinajstić information content (AvgIpc) is 2.70. The second-order valence-electron chi connectivity index (χ2n) is 9.01. The molecule has 4 rings (SSSR count). The fourth-order valence-electron chi connectivity index (χ4n) is 5.11. The Balaban J connectivity index is 1.43. The van der Waals surface area contributed by atoms with Crippen LogP contribution in [-0.4, -0.2) is 0 Å². The average molecular weight is 387 g/mol. The first kappa shape index (κ1) is 19.5. The molecule has 0 bridgehead atoms. The van der Waals surface area contributed by atoms with Gasteiger partial charge in [-0.1, -0.05) is 57.2 Å². The highest BCUT2D eigenvalue weighted by Crippen LogP contribution is 2.37. The third-order valence-corrected chi connectivity index (χ3v) is 7.00. The fraction of sp³-hybridized carbons (Fsp3) is 0.520. The van der Waals surface area contributed by atoms with Gasteiger partial charge in [-0.15, -0.1) is 0 Å². The van der Waals surface area contributed by atoms with Gasteiger partial charge in [0.15, 0.2) is 11.6 Å². The molecule has 2 aromatic rings. The smallest absolute Gasteiger partial charge is 0.159 e. The third kappa shape index (κ3) is 4.14. The Labute approximate surface area is 166 Å². The van der Waals surface area contributed by atoms with Gasteiger partial charge in [-0.25, -0.2) is 13.2 Å². The lowest BCUT2D eigenvalue weighted by molar-refractivity contribution is 0.255. The van der Waals surface area contributed by atoms with E-state index in [0.717, 1.165) is 54.4 Å². The van der Waals surface area contributed by atoms with E-state index < -0.39 is 11.6 Å². The number of benzene rings is 2. The van der Waals surface area contributed by atoms with E-state index in [1.807, 2.05) is 6.07 Å². The topological polar surface area (TPSA) is 0 Å². The van der Waals surface area contributed by atoms with Crippen molar-refractivity contribution in [1.82, 2.24) is 0 Å². The Kier molecular flexibility index (Phi) is 5.80. The predicted octanol–water partition coefficient (Wildman–Crippen LogP) is 7.48. The summed E-state index contributed by atoms with van der Waals surface area (Å²) in [5, 5.41) is 0. The first-order valence-electron chi connectivity index (χ1n) is 10.8. The molecule has 0 amide bonds. The van der Waals surface area contributed by atoms with Gasteiger partial charge in [0.25, 0.3) is 0 Å². The van der Waals surface area contributed by atoms with Gasteiger partial charge in [0.2, 0.25) is 0 Å². The summed E-state index contributed by atoms with van der Waals surface area (Å²) in [6.07, 6.45) is 10.7. The van der Waals surface area contributed by atoms with Crippen LogP contribution in [0.5, 0.6) is 0 Å². The molecule has 1 saturated carbocycles. The van der Waals surface area contributed by atoms with Gasteiger partial charge >= 0.3 is 0 Å². The highest BCUT2D eigenvalue weighted by Gasteiger charge is 2.25. The number of hydrogen-bond acceptors (Lipinski definition) is 0. The molecule has 0 saturated heterocycles. The van der Waals surface area contributed by atoms with Crippen molar-refractivity contribution >= 4 is 0 Å². The quantitative estimate of drug-likeness (QED) is 0.511. The molecule has 28 heavy (non-hydrogen) atoms. The summed E-state index contributed by atoms with van der Waals surface area (Å²) in [6, 6.07) is 7.30. The maximum absolute atomic E-state index is 15.1. The minimum atomic E-state index is -0.938. The van der Waals surface area contributed by atoms with Gasteiger partial charge in [0.05, 0.1) is 0 Å². The Hall–Kier alpha value is -1.77. The van der Waals surface area contributed by atoms with Crippen LogP contribution in [0.3, 0.4) is 0 Å². The zero-order valence-corrected chi connectivity index (χ0v) is 16.6. The zero-order valence-electron chi connectivity index (χ0n) is 16.6. The van der Waals surface area contributed by atoms with Crippen LogP contribution in [0.4, 0.5) is 13.2 Å². The van der Waals surface area contributed by atoms with Gasteiger partial charge in [0.1, 0.15) is 5.82 Å². The Morgan fingerprint density at radius 3 is 2.32 bits per heavy atom. The molecule has 2 aliphatic carbocycles. The Bertz CT molecular complexity index is 834. The normalized spacial score (nSPS) is 24.8. The van der Waals surface area contributed by atoms with Crippen LogP contribution >= 0.6 is 0 Å². The van der Waals surface area contributed by atoms with E-state index in [2.05, 4.69) is 6.92 Å². The first-order chi connectivity index (χ1) is 13.5. The van der Waals surface area contributed by atoms with Crippen molar-refractivity contribution in [3.8, 4) is 11.1 Å². The van der Waals surface area contributed by atoms with E-state index >= 15 is 4.39 Å². The van der Waals surface area contributed by atoms with Crippen molar-refractivity contribution in [2.45, 2.75) is 64.7 Å².